The smallest absolute Gasteiger partial charge is 0.306 e. The van der Waals surface area contributed by atoms with Gasteiger partial charge in [0, 0.05) is 13.0 Å². The van der Waals surface area contributed by atoms with Crippen LogP contribution in [0, 0.1) is 0 Å². The van der Waals surface area contributed by atoms with E-state index in [4.69, 9.17) is 28.4 Å². The van der Waals surface area contributed by atoms with E-state index < -0.39 is 80.7 Å². The Morgan fingerprint density at radius 2 is 0.886 bits per heavy atom. The highest BCUT2D eigenvalue weighted by Crippen LogP contribution is 2.26. The van der Waals surface area contributed by atoms with E-state index in [0.29, 0.717) is 13.0 Å². The molecule has 11 unspecified atom stereocenters. The van der Waals surface area contributed by atoms with Crippen LogP contribution in [0.4, 0.5) is 0 Å². The van der Waals surface area contributed by atoms with Gasteiger partial charge in [-0.1, -0.05) is 172 Å². The summed E-state index contributed by atoms with van der Waals surface area (Å²) < 4.78 is 34.4. The third kappa shape index (κ3) is 30.4. The fourth-order valence-electron chi connectivity index (χ4n) is 8.78. The molecule has 0 aromatic rings. The maximum Gasteiger partial charge on any atom is 0.306 e. The molecule has 0 bridgehead atoms. The maximum absolute atomic E-state index is 13.0. The summed E-state index contributed by atoms with van der Waals surface area (Å²) in [6, 6.07) is 0. The van der Waals surface area contributed by atoms with Crippen molar-refractivity contribution in [2.24, 2.45) is 0 Å². The topological polar surface area (TPSA) is 214 Å². The van der Waals surface area contributed by atoms with Crippen molar-refractivity contribution in [1.29, 1.82) is 0 Å². The van der Waals surface area contributed by atoms with Gasteiger partial charge in [-0.3, -0.25) is 4.79 Å². The third-order valence-corrected chi connectivity index (χ3v) is 13.4. The van der Waals surface area contributed by atoms with E-state index in [-0.39, 0.29) is 25.6 Å². The predicted octanol–water partition coefficient (Wildman–Crippen LogP) is 9.36. The minimum atomic E-state index is -1.71. The van der Waals surface area contributed by atoms with Gasteiger partial charge in [-0.15, -0.1) is 0 Å². The van der Waals surface area contributed by atoms with Gasteiger partial charge in [-0.05, 0) is 70.6 Å². The average Bonchev–Trinajstić information content (AvgIpc) is 3.36. The lowest BCUT2D eigenvalue weighted by Gasteiger charge is -2.42. The van der Waals surface area contributed by atoms with E-state index in [9.17, 15) is 40.5 Å². The number of rotatable bonds is 45. The van der Waals surface area contributed by atoms with Crippen LogP contribution in [0.5, 0.6) is 0 Å². The summed E-state index contributed by atoms with van der Waals surface area (Å²) in [6.45, 7) is 3.66. The van der Waals surface area contributed by atoms with Crippen LogP contribution >= 0.6 is 0 Å². The van der Waals surface area contributed by atoms with Gasteiger partial charge >= 0.3 is 5.97 Å². The van der Waals surface area contributed by atoms with Crippen LogP contribution in [0.2, 0.25) is 0 Å². The second kappa shape index (κ2) is 43.6. The summed E-state index contributed by atoms with van der Waals surface area (Å²) in [4.78, 5) is 13.0. The summed E-state index contributed by atoms with van der Waals surface area (Å²) in [6.07, 6.45) is 33.4. The van der Waals surface area contributed by atoms with Crippen LogP contribution in [-0.4, -0.2) is 142 Å². The summed E-state index contributed by atoms with van der Waals surface area (Å²) in [5, 5.41) is 72.3. The molecular weight excluding hydrogens is 897 g/mol. The number of aliphatic hydroxyl groups is 7. The lowest BCUT2D eigenvalue weighted by atomic mass is 9.98. The quantitative estimate of drug-likeness (QED) is 0.0172. The van der Waals surface area contributed by atoms with Crippen molar-refractivity contribution in [2.75, 3.05) is 33.0 Å². The Hall–Kier alpha value is -1.79. The number of esters is 1. The molecule has 0 spiro atoms. The lowest BCUT2D eigenvalue weighted by Crippen LogP contribution is -2.61. The molecule has 7 N–H and O–H groups in total. The minimum absolute atomic E-state index is 0.0574. The monoisotopic (exact) mass is 999 g/mol. The summed E-state index contributed by atoms with van der Waals surface area (Å²) in [5.74, 6) is -0.384. The molecular formula is C56H102O14. The predicted molar refractivity (Wildman–Crippen MR) is 275 cm³/mol. The van der Waals surface area contributed by atoms with Gasteiger partial charge in [-0.2, -0.15) is 0 Å². The minimum Gasteiger partial charge on any atom is -0.457 e. The molecule has 0 saturated carbocycles. The number of allylic oxidation sites excluding steroid dienone is 6. The maximum atomic E-state index is 13.0. The van der Waals surface area contributed by atoms with Gasteiger partial charge in [0.1, 0.15) is 54.9 Å². The highest BCUT2D eigenvalue weighted by Gasteiger charge is 2.47. The van der Waals surface area contributed by atoms with E-state index in [2.05, 4.69) is 50.3 Å². The van der Waals surface area contributed by atoms with Crippen LogP contribution in [0.3, 0.4) is 0 Å². The average molecular weight is 999 g/mol. The Morgan fingerprint density at radius 3 is 1.41 bits per heavy atom. The van der Waals surface area contributed by atoms with E-state index in [0.717, 1.165) is 64.2 Å². The van der Waals surface area contributed by atoms with Crippen molar-refractivity contribution < 1.29 is 69.0 Å². The lowest BCUT2D eigenvalue weighted by molar-refractivity contribution is -0.332. The van der Waals surface area contributed by atoms with Crippen LogP contribution < -0.4 is 0 Å². The molecule has 2 aliphatic heterocycles. The zero-order valence-electron chi connectivity index (χ0n) is 43.8. The molecule has 2 fully saturated rings. The van der Waals surface area contributed by atoms with Crippen LogP contribution in [0.25, 0.3) is 0 Å². The largest absolute Gasteiger partial charge is 0.457 e. The van der Waals surface area contributed by atoms with Crippen molar-refractivity contribution in [3.05, 3.63) is 36.5 Å². The molecule has 0 aliphatic carbocycles. The molecule has 410 valence electrons. The fraction of sp³-hybridized carbons (Fsp3) is 0.875. The highest BCUT2D eigenvalue weighted by atomic mass is 16.7. The van der Waals surface area contributed by atoms with Crippen molar-refractivity contribution in [3.8, 4) is 0 Å². The van der Waals surface area contributed by atoms with E-state index in [1.807, 2.05) is 0 Å². The standard InChI is InChI=1S/C56H102O14/c1-3-5-7-9-11-13-15-17-19-21-22-23-24-26-28-30-32-34-36-38-40-65-42-45(68-48(58)39-37-35-33-31-29-27-25-20-18-16-14-12-10-8-6-4-2)43-66-55-54(64)52(62)50(60)47(70-55)44-67-56-53(63)51(61)49(59)46(41-57)69-56/h11,13,17,19-20,25,45-47,49-57,59-64H,3-10,12,14-16,18,21-24,26-44H2,1-2H3/b13-11-,19-17-,25-20-. The Morgan fingerprint density at radius 1 is 0.471 bits per heavy atom. The van der Waals surface area contributed by atoms with Crippen LogP contribution in [0.1, 0.15) is 213 Å². The van der Waals surface area contributed by atoms with Gasteiger partial charge < -0.3 is 64.2 Å². The molecule has 0 amide bonds. The van der Waals surface area contributed by atoms with Crippen LogP contribution in [-0.2, 0) is 33.2 Å². The van der Waals surface area contributed by atoms with Crippen molar-refractivity contribution >= 4 is 5.97 Å². The second-order valence-electron chi connectivity index (χ2n) is 19.8. The fourth-order valence-corrected chi connectivity index (χ4v) is 8.78. The summed E-state index contributed by atoms with van der Waals surface area (Å²) >= 11 is 0. The number of hydrogen-bond donors (Lipinski definition) is 7. The van der Waals surface area contributed by atoms with Gasteiger partial charge in [0.25, 0.3) is 0 Å². The Bertz CT molecular complexity index is 1300. The number of unbranched alkanes of at least 4 members (excludes halogenated alkanes) is 25. The van der Waals surface area contributed by atoms with E-state index in [1.54, 1.807) is 0 Å². The number of hydrogen-bond acceptors (Lipinski definition) is 14. The van der Waals surface area contributed by atoms with Crippen LogP contribution in [0.15, 0.2) is 36.5 Å². The molecule has 2 aliphatic rings. The molecule has 0 radical (unpaired) electrons. The van der Waals surface area contributed by atoms with Crippen molar-refractivity contribution in [3.63, 3.8) is 0 Å². The Labute approximate surface area is 423 Å². The zero-order valence-corrected chi connectivity index (χ0v) is 43.8. The molecule has 14 nitrogen and oxygen atoms in total. The van der Waals surface area contributed by atoms with Gasteiger partial charge in [0.2, 0.25) is 0 Å². The van der Waals surface area contributed by atoms with Crippen molar-refractivity contribution in [2.45, 2.75) is 280 Å². The molecule has 2 saturated heterocycles. The summed E-state index contributed by atoms with van der Waals surface area (Å²) in [7, 11) is 0. The Kier molecular flexibility index (Phi) is 40.1. The van der Waals surface area contributed by atoms with Crippen molar-refractivity contribution in [1.82, 2.24) is 0 Å². The first-order chi connectivity index (χ1) is 34.1. The first kappa shape index (κ1) is 64.3. The third-order valence-electron chi connectivity index (χ3n) is 13.4. The second-order valence-corrected chi connectivity index (χ2v) is 19.8. The molecule has 2 rings (SSSR count). The Balaban J connectivity index is 1.73. The zero-order chi connectivity index (χ0) is 50.9. The molecule has 2 heterocycles. The molecule has 11 atom stereocenters. The molecule has 70 heavy (non-hydrogen) atoms. The molecule has 0 aromatic heterocycles. The summed E-state index contributed by atoms with van der Waals surface area (Å²) in [5.41, 5.74) is 0. The molecule has 0 aromatic carbocycles. The molecule has 14 heteroatoms. The van der Waals surface area contributed by atoms with E-state index in [1.165, 1.54) is 122 Å². The number of carbonyl (C=O) groups is 1. The van der Waals surface area contributed by atoms with Gasteiger partial charge in [-0.25, -0.2) is 0 Å². The first-order valence-corrected chi connectivity index (χ1v) is 28.1. The number of ether oxygens (including phenoxy) is 6. The highest BCUT2D eigenvalue weighted by molar-refractivity contribution is 5.69. The van der Waals surface area contributed by atoms with E-state index >= 15 is 0 Å². The van der Waals surface area contributed by atoms with Gasteiger partial charge in [0.05, 0.1) is 26.4 Å². The normalized spacial score (nSPS) is 25.7. The first-order valence-electron chi connectivity index (χ1n) is 28.1. The van der Waals surface area contributed by atoms with Gasteiger partial charge in [0.15, 0.2) is 12.6 Å². The number of aliphatic hydroxyl groups excluding tert-OH is 7. The SMILES string of the molecule is CCCCC/C=C\C/C=C\CCCCCCCCCCCCOCC(COC1OC(COC2OC(CO)C(O)C(O)C2O)C(O)C(O)C1O)OC(=O)CCCCCCC/C=C\CCCCCCCCC. The number of carbonyl (C=O) groups excluding carboxylic acids is 1.